The highest BCUT2D eigenvalue weighted by molar-refractivity contribution is 7.89. The van der Waals surface area contributed by atoms with Crippen LogP contribution in [0.4, 0.5) is 22.0 Å². The predicted octanol–water partition coefficient (Wildman–Crippen LogP) is 3.80. The Labute approximate surface area is 192 Å². The van der Waals surface area contributed by atoms with Crippen LogP contribution in [-0.4, -0.2) is 43.9 Å². The summed E-state index contributed by atoms with van der Waals surface area (Å²) in [4.78, 5) is 4.05. The summed E-state index contributed by atoms with van der Waals surface area (Å²) in [6.07, 6.45) is 1.96. The van der Waals surface area contributed by atoms with Crippen LogP contribution in [0.5, 0.6) is 5.88 Å². The second-order valence-corrected chi connectivity index (χ2v) is 9.68. The van der Waals surface area contributed by atoms with E-state index in [9.17, 15) is 30.4 Å². The van der Waals surface area contributed by atoms with E-state index in [-0.39, 0.29) is 22.7 Å². The molecule has 0 bridgehead atoms. The van der Waals surface area contributed by atoms with Gasteiger partial charge in [-0.2, -0.15) is 4.31 Å². The standard InChI is InChI=1S/C22H20F5N3O3S/c1-12-10-29-22(33-11-14-17(23)19(25)21(27)20(26)18(14)24)13-4-2-5-15(16(12)13)34(31,32)30-8-3-6-28-7-9-30/h2,4-5,10,28H,3,6-9,11H2,1H3. The molecule has 1 N–H and O–H groups in total. The lowest BCUT2D eigenvalue weighted by molar-refractivity contribution is 0.273. The minimum absolute atomic E-state index is 0.00730. The van der Waals surface area contributed by atoms with Crippen LogP contribution in [0.3, 0.4) is 0 Å². The van der Waals surface area contributed by atoms with Crippen LogP contribution >= 0.6 is 0 Å². The minimum atomic E-state index is -3.90. The predicted molar refractivity (Wildman–Crippen MR) is 113 cm³/mol. The molecule has 0 atom stereocenters. The van der Waals surface area contributed by atoms with E-state index in [1.54, 1.807) is 6.92 Å². The van der Waals surface area contributed by atoms with Crippen LogP contribution in [0, 0.1) is 36.0 Å². The van der Waals surface area contributed by atoms with Crippen molar-refractivity contribution in [3.05, 3.63) is 64.6 Å². The summed E-state index contributed by atoms with van der Waals surface area (Å²) >= 11 is 0. The lowest BCUT2D eigenvalue weighted by Crippen LogP contribution is -2.34. The van der Waals surface area contributed by atoms with Gasteiger partial charge < -0.3 is 10.1 Å². The van der Waals surface area contributed by atoms with Crippen molar-refractivity contribution >= 4 is 20.8 Å². The van der Waals surface area contributed by atoms with E-state index < -0.39 is 51.3 Å². The monoisotopic (exact) mass is 501 g/mol. The Bertz CT molecular complexity index is 1330. The lowest BCUT2D eigenvalue weighted by Gasteiger charge is -2.21. The van der Waals surface area contributed by atoms with E-state index in [0.717, 1.165) is 0 Å². The van der Waals surface area contributed by atoms with Crippen molar-refractivity contribution in [1.29, 1.82) is 0 Å². The Morgan fingerprint density at radius 2 is 1.68 bits per heavy atom. The first-order chi connectivity index (χ1) is 16.1. The van der Waals surface area contributed by atoms with Gasteiger partial charge in [-0.15, -0.1) is 0 Å². The molecule has 2 aromatic carbocycles. The number of halogens is 5. The molecule has 0 unspecified atom stereocenters. The van der Waals surface area contributed by atoms with Gasteiger partial charge in [-0.3, -0.25) is 0 Å². The molecule has 34 heavy (non-hydrogen) atoms. The van der Waals surface area contributed by atoms with Gasteiger partial charge in [-0.25, -0.2) is 35.4 Å². The minimum Gasteiger partial charge on any atom is -0.472 e. The van der Waals surface area contributed by atoms with Gasteiger partial charge in [0.25, 0.3) is 0 Å². The lowest BCUT2D eigenvalue weighted by atomic mass is 10.1. The fourth-order valence-corrected chi connectivity index (χ4v) is 5.61. The van der Waals surface area contributed by atoms with Gasteiger partial charge in [-0.1, -0.05) is 6.07 Å². The van der Waals surface area contributed by atoms with E-state index in [4.69, 9.17) is 4.74 Å². The molecule has 1 aliphatic heterocycles. The maximum Gasteiger partial charge on any atom is 0.243 e. The molecule has 1 aromatic heterocycles. The molecule has 0 saturated carbocycles. The molecule has 0 spiro atoms. The quantitative estimate of drug-likeness (QED) is 0.327. The highest BCUT2D eigenvalue weighted by Crippen LogP contribution is 2.34. The number of nitrogens with zero attached hydrogens (tertiary/aromatic N) is 2. The van der Waals surface area contributed by atoms with Gasteiger partial charge in [0.05, 0.1) is 10.5 Å². The van der Waals surface area contributed by atoms with E-state index in [0.29, 0.717) is 37.0 Å². The molecule has 3 aromatic rings. The number of aryl methyl sites for hydroxylation is 1. The highest BCUT2D eigenvalue weighted by Gasteiger charge is 2.29. The molecule has 0 radical (unpaired) electrons. The summed E-state index contributed by atoms with van der Waals surface area (Å²) in [5, 5.41) is 3.65. The van der Waals surface area contributed by atoms with Crippen LogP contribution in [0.25, 0.3) is 10.8 Å². The van der Waals surface area contributed by atoms with E-state index >= 15 is 0 Å². The summed E-state index contributed by atoms with van der Waals surface area (Å²) in [7, 11) is -3.90. The number of pyridine rings is 1. The third-order valence-corrected chi connectivity index (χ3v) is 7.54. The Balaban J connectivity index is 1.76. The number of rotatable bonds is 5. The van der Waals surface area contributed by atoms with Gasteiger partial charge in [0.1, 0.15) is 6.61 Å². The summed E-state index contributed by atoms with van der Waals surface area (Å²) in [5.41, 5.74) is -0.654. The Hall–Kier alpha value is -2.83. The van der Waals surface area contributed by atoms with Crippen molar-refractivity contribution in [2.75, 3.05) is 26.2 Å². The second kappa shape index (κ2) is 9.43. The molecule has 0 amide bonds. The molecular weight excluding hydrogens is 481 g/mol. The zero-order chi connectivity index (χ0) is 24.6. The highest BCUT2D eigenvalue weighted by atomic mass is 32.2. The van der Waals surface area contributed by atoms with Crippen molar-refractivity contribution in [2.45, 2.75) is 24.8 Å². The number of benzene rings is 2. The van der Waals surface area contributed by atoms with Crippen molar-refractivity contribution < 1.29 is 35.1 Å². The van der Waals surface area contributed by atoms with E-state index in [1.165, 1.54) is 28.7 Å². The Kier molecular flexibility index (Phi) is 6.74. The topological polar surface area (TPSA) is 71.5 Å². The Morgan fingerprint density at radius 1 is 1.00 bits per heavy atom. The number of aromatic nitrogens is 1. The molecule has 1 aliphatic rings. The van der Waals surface area contributed by atoms with Crippen LogP contribution in [0.1, 0.15) is 17.5 Å². The maximum absolute atomic E-state index is 14.0. The number of fused-ring (bicyclic) bond motifs is 1. The van der Waals surface area contributed by atoms with Crippen LogP contribution in [0.2, 0.25) is 0 Å². The number of sulfonamides is 1. The summed E-state index contributed by atoms with van der Waals surface area (Å²) in [5.74, 6) is -10.7. The molecule has 12 heteroatoms. The van der Waals surface area contributed by atoms with Crippen molar-refractivity contribution in [3.63, 3.8) is 0 Å². The number of hydrogen-bond donors (Lipinski definition) is 1. The average Bonchev–Trinajstić information content (AvgIpc) is 3.13. The zero-order valence-corrected chi connectivity index (χ0v) is 18.8. The fraction of sp³-hybridized carbons (Fsp3) is 0.318. The Morgan fingerprint density at radius 3 is 2.38 bits per heavy atom. The third-order valence-electron chi connectivity index (χ3n) is 5.60. The summed E-state index contributed by atoms with van der Waals surface area (Å²) < 4.78 is 102. The van der Waals surface area contributed by atoms with Gasteiger partial charge in [0.15, 0.2) is 23.3 Å². The fourth-order valence-electron chi connectivity index (χ4n) is 3.85. The first-order valence-corrected chi connectivity index (χ1v) is 11.8. The van der Waals surface area contributed by atoms with Crippen LogP contribution in [0.15, 0.2) is 29.3 Å². The van der Waals surface area contributed by atoms with Gasteiger partial charge in [0.2, 0.25) is 21.7 Å². The molecule has 1 fully saturated rings. The van der Waals surface area contributed by atoms with Gasteiger partial charge in [0, 0.05) is 36.6 Å². The van der Waals surface area contributed by atoms with Crippen molar-refractivity contribution in [2.24, 2.45) is 0 Å². The normalized spacial score (nSPS) is 15.5. The third kappa shape index (κ3) is 4.21. The first kappa shape index (κ1) is 24.3. The zero-order valence-electron chi connectivity index (χ0n) is 18.0. The number of nitrogens with one attached hydrogen (secondary N) is 1. The number of ether oxygens (including phenoxy) is 1. The van der Waals surface area contributed by atoms with Gasteiger partial charge in [-0.05, 0) is 37.6 Å². The van der Waals surface area contributed by atoms with Crippen molar-refractivity contribution in [3.8, 4) is 5.88 Å². The first-order valence-electron chi connectivity index (χ1n) is 10.4. The number of hydrogen-bond acceptors (Lipinski definition) is 5. The SMILES string of the molecule is Cc1cnc(OCc2c(F)c(F)c(F)c(F)c2F)c2cccc(S(=O)(=O)N3CCCNCC3)c12. The second-order valence-electron chi connectivity index (χ2n) is 7.77. The summed E-state index contributed by atoms with van der Waals surface area (Å²) in [6.45, 7) is 2.45. The smallest absolute Gasteiger partial charge is 0.243 e. The largest absolute Gasteiger partial charge is 0.472 e. The summed E-state index contributed by atoms with van der Waals surface area (Å²) in [6, 6.07) is 4.42. The van der Waals surface area contributed by atoms with Crippen LogP contribution in [-0.2, 0) is 16.6 Å². The molecule has 4 rings (SSSR count). The van der Waals surface area contributed by atoms with Crippen LogP contribution < -0.4 is 10.1 Å². The molecular formula is C22H20F5N3O3S. The molecule has 1 saturated heterocycles. The molecule has 182 valence electrons. The molecule has 2 heterocycles. The maximum atomic E-state index is 14.0. The van der Waals surface area contributed by atoms with Crippen molar-refractivity contribution in [1.82, 2.24) is 14.6 Å². The van der Waals surface area contributed by atoms with E-state index in [1.807, 2.05) is 0 Å². The average molecular weight is 501 g/mol. The molecule has 0 aliphatic carbocycles. The van der Waals surface area contributed by atoms with E-state index in [2.05, 4.69) is 10.3 Å². The molecule has 6 nitrogen and oxygen atoms in total. The van der Waals surface area contributed by atoms with Gasteiger partial charge >= 0.3 is 0 Å².